The van der Waals surface area contributed by atoms with E-state index >= 15 is 0 Å². The molecular formula is C18H20ClNO2. The van der Waals surface area contributed by atoms with Crippen LogP contribution < -0.4 is 10.1 Å². The van der Waals surface area contributed by atoms with Crippen molar-refractivity contribution in [1.29, 1.82) is 0 Å². The third-order valence-electron chi connectivity index (χ3n) is 3.28. The molecule has 1 amide bonds. The van der Waals surface area contributed by atoms with Crippen LogP contribution in [0.25, 0.3) is 0 Å². The molecule has 22 heavy (non-hydrogen) atoms. The highest BCUT2D eigenvalue weighted by Gasteiger charge is 2.14. The van der Waals surface area contributed by atoms with Crippen molar-refractivity contribution >= 4 is 23.2 Å². The van der Waals surface area contributed by atoms with Crippen LogP contribution in [0.3, 0.4) is 0 Å². The molecule has 0 spiro atoms. The van der Waals surface area contributed by atoms with Crippen molar-refractivity contribution in [3.8, 4) is 5.75 Å². The lowest BCUT2D eigenvalue weighted by molar-refractivity contribution is 0.102. The van der Waals surface area contributed by atoms with Crippen molar-refractivity contribution in [1.82, 2.24) is 0 Å². The molecule has 116 valence electrons. The number of rotatable bonds is 5. The summed E-state index contributed by atoms with van der Waals surface area (Å²) in [6, 6.07) is 11.0. The van der Waals surface area contributed by atoms with Gasteiger partial charge in [0.05, 0.1) is 12.2 Å². The van der Waals surface area contributed by atoms with Crippen LogP contribution in [0.1, 0.15) is 34.8 Å². The van der Waals surface area contributed by atoms with Crippen LogP contribution in [-0.4, -0.2) is 12.5 Å². The van der Waals surface area contributed by atoms with E-state index in [9.17, 15) is 4.79 Å². The summed E-state index contributed by atoms with van der Waals surface area (Å²) in [6.07, 6.45) is 0.876. The first-order valence-corrected chi connectivity index (χ1v) is 7.70. The lowest BCUT2D eigenvalue weighted by atomic mass is 10.1. The van der Waals surface area contributed by atoms with E-state index in [0.29, 0.717) is 22.9 Å². The molecule has 0 radical (unpaired) electrons. The third kappa shape index (κ3) is 4.01. The second-order valence-electron chi connectivity index (χ2n) is 5.26. The quantitative estimate of drug-likeness (QED) is 0.843. The number of carbonyl (C=O) groups is 1. The lowest BCUT2D eigenvalue weighted by Gasteiger charge is -2.13. The van der Waals surface area contributed by atoms with Gasteiger partial charge < -0.3 is 10.1 Å². The minimum atomic E-state index is -0.222. The number of ether oxygens (including phenoxy) is 1. The van der Waals surface area contributed by atoms with Gasteiger partial charge in [-0.25, -0.2) is 0 Å². The van der Waals surface area contributed by atoms with Crippen LogP contribution in [0.4, 0.5) is 5.69 Å². The monoisotopic (exact) mass is 317 g/mol. The maximum atomic E-state index is 12.5. The molecule has 2 aromatic carbocycles. The molecule has 0 fully saturated rings. The van der Waals surface area contributed by atoms with Gasteiger partial charge in [0.15, 0.2) is 0 Å². The standard InChI is InChI=1S/C18H20ClNO2/c1-4-9-22-17-8-6-14(19)11-15(17)18(21)20-16-7-5-12(2)10-13(16)3/h5-8,10-11H,4,9H2,1-3H3,(H,20,21). The third-order valence-corrected chi connectivity index (χ3v) is 3.51. The van der Waals surface area contributed by atoms with Crippen LogP contribution in [0.15, 0.2) is 36.4 Å². The fourth-order valence-corrected chi connectivity index (χ4v) is 2.33. The number of nitrogens with one attached hydrogen (secondary N) is 1. The minimum absolute atomic E-state index is 0.222. The van der Waals surface area contributed by atoms with Crippen molar-refractivity contribution < 1.29 is 9.53 Å². The van der Waals surface area contributed by atoms with Gasteiger partial charge in [0, 0.05) is 10.7 Å². The molecule has 2 rings (SSSR count). The van der Waals surface area contributed by atoms with E-state index in [4.69, 9.17) is 16.3 Å². The smallest absolute Gasteiger partial charge is 0.259 e. The Morgan fingerprint density at radius 3 is 2.64 bits per heavy atom. The predicted molar refractivity (Wildman–Crippen MR) is 91.1 cm³/mol. The zero-order chi connectivity index (χ0) is 16.1. The second kappa shape index (κ2) is 7.32. The predicted octanol–water partition coefficient (Wildman–Crippen LogP) is 5.00. The molecule has 0 bridgehead atoms. The van der Waals surface area contributed by atoms with E-state index in [1.807, 2.05) is 39.0 Å². The minimum Gasteiger partial charge on any atom is -0.493 e. The molecule has 0 aliphatic rings. The fraction of sp³-hybridized carbons (Fsp3) is 0.278. The molecule has 3 nitrogen and oxygen atoms in total. The number of benzene rings is 2. The van der Waals surface area contributed by atoms with Crippen LogP contribution >= 0.6 is 11.6 Å². The Bertz CT molecular complexity index is 683. The van der Waals surface area contributed by atoms with Gasteiger partial charge in [-0.05, 0) is 50.1 Å². The first-order valence-electron chi connectivity index (χ1n) is 7.32. The van der Waals surface area contributed by atoms with E-state index in [2.05, 4.69) is 5.32 Å². The van der Waals surface area contributed by atoms with Crippen molar-refractivity contribution in [2.24, 2.45) is 0 Å². The molecule has 0 aromatic heterocycles. The highest BCUT2D eigenvalue weighted by Crippen LogP contribution is 2.25. The van der Waals surface area contributed by atoms with Gasteiger partial charge in [-0.15, -0.1) is 0 Å². The van der Waals surface area contributed by atoms with Gasteiger partial charge >= 0.3 is 0 Å². The first kappa shape index (κ1) is 16.4. The Hall–Kier alpha value is -2.00. The maximum Gasteiger partial charge on any atom is 0.259 e. The average Bonchev–Trinajstić information content (AvgIpc) is 2.48. The molecular weight excluding hydrogens is 298 g/mol. The summed E-state index contributed by atoms with van der Waals surface area (Å²) in [6.45, 7) is 6.57. The van der Waals surface area contributed by atoms with E-state index in [1.165, 1.54) is 0 Å². The zero-order valence-electron chi connectivity index (χ0n) is 13.1. The summed E-state index contributed by atoms with van der Waals surface area (Å²) in [5.41, 5.74) is 3.41. The van der Waals surface area contributed by atoms with E-state index in [1.54, 1.807) is 18.2 Å². The van der Waals surface area contributed by atoms with Crippen LogP contribution in [0.5, 0.6) is 5.75 Å². The van der Waals surface area contributed by atoms with Crippen molar-refractivity contribution in [3.05, 3.63) is 58.1 Å². The van der Waals surface area contributed by atoms with Crippen molar-refractivity contribution in [2.75, 3.05) is 11.9 Å². The summed E-state index contributed by atoms with van der Waals surface area (Å²) in [5.74, 6) is 0.328. The zero-order valence-corrected chi connectivity index (χ0v) is 13.8. The molecule has 0 heterocycles. The van der Waals surface area contributed by atoms with Gasteiger partial charge in [0.2, 0.25) is 0 Å². The Morgan fingerprint density at radius 1 is 1.18 bits per heavy atom. The number of anilines is 1. The summed E-state index contributed by atoms with van der Waals surface area (Å²) in [7, 11) is 0. The Kier molecular flexibility index (Phi) is 5.45. The van der Waals surface area contributed by atoms with Gasteiger partial charge in [0.25, 0.3) is 5.91 Å². The van der Waals surface area contributed by atoms with E-state index in [-0.39, 0.29) is 5.91 Å². The SMILES string of the molecule is CCCOc1ccc(Cl)cc1C(=O)Nc1ccc(C)cc1C. The highest BCUT2D eigenvalue weighted by molar-refractivity contribution is 6.31. The Morgan fingerprint density at radius 2 is 1.95 bits per heavy atom. The number of halogens is 1. The van der Waals surface area contributed by atoms with Gasteiger partial charge in [-0.1, -0.05) is 36.2 Å². The molecule has 0 aliphatic heterocycles. The van der Waals surface area contributed by atoms with Crippen LogP contribution in [0, 0.1) is 13.8 Å². The highest BCUT2D eigenvalue weighted by atomic mass is 35.5. The maximum absolute atomic E-state index is 12.5. The largest absolute Gasteiger partial charge is 0.493 e. The summed E-state index contributed by atoms with van der Waals surface area (Å²) in [5, 5.41) is 3.43. The Balaban J connectivity index is 2.26. The number of hydrogen-bond donors (Lipinski definition) is 1. The van der Waals surface area contributed by atoms with Crippen LogP contribution in [-0.2, 0) is 0 Å². The molecule has 0 saturated carbocycles. The number of aryl methyl sites for hydroxylation is 2. The average molecular weight is 318 g/mol. The molecule has 0 saturated heterocycles. The normalized spacial score (nSPS) is 10.4. The molecule has 0 aliphatic carbocycles. The van der Waals surface area contributed by atoms with Gasteiger partial charge in [-0.3, -0.25) is 4.79 Å². The second-order valence-corrected chi connectivity index (χ2v) is 5.70. The number of carbonyl (C=O) groups excluding carboxylic acids is 1. The van der Waals surface area contributed by atoms with Gasteiger partial charge in [-0.2, -0.15) is 0 Å². The molecule has 0 atom stereocenters. The summed E-state index contributed by atoms with van der Waals surface area (Å²) < 4.78 is 5.63. The number of hydrogen-bond acceptors (Lipinski definition) is 2. The number of amides is 1. The lowest BCUT2D eigenvalue weighted by Crippen LogP contribution is -2.14. The van der Waals surface area contributed by atoms with Crippen molar-refractivity contribution in [3.63, 3.8) is 0 Å². The summed E-state index contributed by atoms with van der Waals surface area (Å²) >= 11 is 6.01. The van der Waals surface area contributed by atoms with E-state index in [0.717, 1.165) is 23.2 Å². The summed E-state index contributed by atoms with van der Waals surface area (Å²) in [4.78, 5) is 12.5. The van der Waals surface area contributed by atoms with E-state index < -0.39 is 0 Å². The van der Waals surface area contributed by atoms with Gasteiger partial charge in [0.1, 0.15) is 5.75 Å². The van der Waals surface area contributed by atoms with Crippen molar-refractivity contribution in [2.45, 2.75) is 27.2 Å². The van der Waals surface area contributed by atoms with Crippen LogP contribution in [0.2, 0.25) is 5.02 Å². The molecule has 1 N–H and O–H groups in total. The first-order chi connectivity index (χ1) is 10.5. The topological polar surface area (TPSA) is 38.3 Å². The molecule has 4 heteroatoms. The molecule has 2 aromatic rings. The fourth-order valence-electron chi connectivity index (χ4n) is 2.16. The Labute approximate surface area is 136 Å². The molecule has 0 unspecified atom stereocenters.